The Hall–Kier alpha value is -1.55. The minimum absolute atomic E-state index is 0.0835. The Balaban J connectivity index is 2.54. The molecule has 3 N–H and O–H groups in total. The third kappa shape index (κ3) is 3.13. The second-order valence-electron chi connectivity index (χ2n) is 2.58. The Morgan fingerprint density at radius 1 is 1.31 bits per heavy atom. The molecule has 0 aliphatic rings. The fourth-order valence-electron chi connectivity index (χ4n) is 0.917. The molecular weight excluding hydrogens is 170 g/mol. The van der Waals surface area contributed by atoms with Crippen molar-refractivity contribution >= 4 is 6.16 Å². The molecule has 0 spiro atoms. The maximum absolute atomic E-state index is 10.1. The molecule has 4 heteroatoms. The fourth-order valence-corrected chi connectivity index (χ4v) is 0.917. The maximum Gasteiger partial charge on any atom is 0.506 e. The summed E-state index contributed by atoms with van der Waals surface area (Å²) in [5.74, 6) is 0. The van der Waals surface area contributed by atoms with Gasteiger partial charge in [-0.15, -0.1) is 0 Å². The monoisotopic (exact) mass is 181 g/mol. The minimum Gasteiger partial charge on any atom is -0.450 e. The van der Waals surface area contributed by atoms with Crippen LogP contribution in [0.1, 0.15) is 11.1 Å². The lowest BCUT2D eigenvalue weighted by molar-refractivity contribution is 0.0854. The molecule has 0 fully saturated rings. The van der Waals surface area contributed by atoms with Gasteiger partial charge in [-0.3, -0.25) is 0 Å². The Morgan fingerprint density at radius 2 is 1.85 bits per heavy atom. The summed E-state index contributed by atoms with van der Waals surface area (Å²) in [5, 5.41) is 8.23. The van der Waals surface area contributed by atoms with Crippen molar-refractivity contribution in [1.82, 2.24) is 0 Å². The molecule has 0 bridgehead atoms. The van der Waals surface area contributed by atoms with Crippen molar-refractivity contribution < 1.29 is 14.6 Å². The van der Waals surface area contributed by atoms with Gasteiger partial charge in [0.1, 0.15) is 6.61 Å². The highest BCUT2D eigenvalue weighted by Crippen LogP contribution is 2.04. The van der Waals surface area contributed by atoms with Gasteiger partial charge in [0.25, 0.3) is 0 Å². The van der Waals surface area contributed by atoms with Crippen LogP contribution in [0.15, 0.2) is 24.3 Å². The summed E-state index contributed by atoms with van der Waals surface area (Å²) >= 11 is 0. The molecule has 13 heavy (non-hydrogen) atoms. The third-order valence-corrected chi connectivity index (χ3v) is 1.62. The first kappa shape index (κ1) is 9.54. The largest absolute Gasteiger partial charge is 0.506 e. The van der Waals surface area contributed by atoms with E-state index in [0.29, 0.717) is 6.54 Å². The quantitative estimate of drug-likeness (QED) is 0.690. The first-order valence-electron chi connectivity index (χ1n) is 3.86. The zero-order chi connectivity index (χ0) is 9.68. The molecule has 1 aromatic carbocycles. The molecule has 0 unspecified atom stereocenters. The highest BCUT2D eigenvalue weighted by Gasteiger charge is 1.97. The Kier molecular flexibility index (Phi) is 3.28. The van der Waals surface area contributed by atoms with Crippen molar-refractivity contribution in [1.29, 1.82) is 0 Å². The third-order valence-electron chi connectivity index (χ3n) is 1.62. The smallest absolute Gasteiger partial charge is 0.450 e. The second kappa shape index (κ2) is 4.47. The van der Waals surface area contributed by atoms with Crippen LogP contribution in [0.3, 0.4) is 0 Å². The molecule has 0 aromatic heterocycles. The fraction of sp³-hybridized carbons (Fsp3) is 0.222. The van der Waals surface area contributed by atoms with Gasteiger partial charge < -0.3 is 15.6 Å². The zero-order valence-corrected chi connectivity index (χ0v) is 7.06. The predicted molar refractivity (Wildman–Crippen MR) is 47.1 cm³/mol. The molecule has 0 heterocycles. The van der Waals surface area contributed by atoms with E-state index in [1.165, 1.54) is 0 Å². The van der Waals surface area contributed by atoms with Gasteiger partial charge in [-0.1, -0.05) is 24.3 Å². The van der Waals surface area contributed by atoms with Crippen LogP contribution in [-0.2, 0) is 17.9 Å². The normalized spacial score (nSPS) is 9.62. The van der Waals surface area contributed by atoms with Crippen molar-refractivity contribution in [3.05, 3.63) is 35.4 Å². The molecule has 4 nitrogen and oxygen atoms in total. The Morgan fingerprint density at radius 3 is 2.31 bits per heavy atom. The van der Waals surface area contributed by atoms with E-state index in [9.17, 15) is 4.79 Å². The Bertz CT molecular complexity index is 281. The van der Waals surface area contributed by atoms with Gasteiger partial charge in [-0.25, -0.2) is 4.79 Å². The number of ether oxygens (including phenoxy) is 1. The van der Waals surface area contributed by atoms with Gasteiger partial charge in [0.15, 0.2) is 0 Å². The first-order valence-corrected chi connectivity index (χ1v) is 3.86. The highest BCUT2D eigenvalue weighted by atomic mass is 16.7. The average molecular weight is 181 g/mol. The lowest BCUT2D eigenvalue weighted by Crippen LogP contribution is -2.01. The van der Waals surface area contributed by atoms with Crippen LogP contribution >= 0.6 is 0 Å². The van der Waals surface area contributed by atoms with Crippen LogP contribution in [0.5, 0.6) is 0 Å². The summed E-state index contributed by atoms with van der Waals surface area (Å²) in [7, 11) is 0. The summed E-state index contributed by atoms with van der Waals surface area (Å²) in [4.78, 5) is 10.1. The topological polar surface area (TPSA) is 72.5 Å². The van der Waals surface area contributed by atoms with Gasteiger partial charge >= 0.3 is 6.16 Å². The number of hydrogen-bond donors (Lipinski definition) is 2. The van der Waals surface area contributed by atoms with E-state index in [2.05, 4.69) is 4.74 Å². The summed E-state index contributed by atoms with van der Waals surface area (Å²) in [5.41, 5.74) is 7.23. The van der Waals surface area contributed by atoms with Crippen LogP contribution in [0.25, 0.3) is 0 Å². The van der Waals surface area contributed by atoms with Crippen LogP contribution in [0.4, 0.5) is 4.79 Å². The van der Waals surface area contributed by atoms with E-state index in [0.717, 1.165) is 11.1 Å². The molecule has 0 aliphatic carbocycles. The van der Waals surface area contributed by atoms with Crippen LogP contribution in [0.2, 0.25) is 0 Å². The molecule has 0 radical (unpaired) electrons. The summed E-state index contributed by atoms with van der Waals surface area (Å²) in [6, 6.07) is 7.29. The van der Waals surface area contributed by atoms with Crippen molar-refractivity contribution in [2.24, 2.45) is 5.73 Å². The number of rotatable bonds is 3. The molecule has 70 valence electrons. The lowest BCUT2D eigenvalue weighted by atomic mass is 10.1. The second-order valence-corrected chi connectivity index (χ2v) is 2.58. The first-order chi connectivity index (χ1) is 6.22. The van der Waals surface area contributed by atoms with Crippen LogP contribution < -0.4 is 5.73 Å². The van der Waals surface area contributed by atoms with E-state index in [1.54, 1.807) is 12.1 Å². The van der Waals surface area contributed by atoms with E-state index in [-0.39, 0.29) is 6.61 Å². The molecule has 0 saturated heterocycles. The Labute approximate surface area is 75.9 Å². The molecule has 0 atom stereocenters. The molecule has 0 amide bonds. The lowest BCUT2D eigenvalue weighted by Gasteiger charge is -2.01. The standard InChI is InChI=1S/C9H11NO3/c10-5-7-1-3-8(4-2-7)6-13-9(11)12/h1-4H,5-6,10H2,(H,11,12). The van der Waals surface area contributed by atoms with Gasteiger partial charge in [-0.05, 0) is 11.1 Å². The zero-order valence-electron chi connectivity index (χ0n) is 7.06. The van der Waals surface area contributed by atoms with Crippen molar-refractivity contribution in [2.75, 3.05) is 0 Å². The number of carboxylic acid groups (broad SMARTS) is 1. The molecular formula is C9H11NO3. The number of benzene rings is 1. The molecule has 1 aromatic rings. The van der Waals surface area contributed by atoms with Gasteiger partial charge in [0, 0.05) is 6.54 Å². The van der Waals surface area contributed by atoms with E-state index >= 15 is 0 Å². The summed E-state index contributed by atoms with van der Waals surface area (Å²) in [6.07, 6.45) is -1.26. The SMILES string of the molecule is NCc1ccc(COC(=O)O)cc1. The molecule has 1 rings (SSSR count). The summed E-state index contributed by atoms with van der Waals surface area (Å²) < 4.78 is 4.39. The van der Waals surface area contributed by atoms with Gasteiger partial charge in [-0.2, -0.15) is 0 Å². The highest BCUT2D eigenvalue weighted by molar-refractivity contribution is 5.56. The molecule has 0 aliphatic heterocycles. The van der Waals surface area contributed by atoms with Crippen molar-refractivity contribution in [3.8, 4) is 0 Å². The van der Waals surface area contributed by atoms with Gasteiger partial charge in [0.05, 0.1) is 0 Å². The van der Waals surface area contributed by atoms with E-state index < -0.39 is 6.16 Å². The number of nitrogens with two attached hydrogens (primary N) is 1. The van der Waals surface area contributed by atoms with Crippen LogP contribution in [-0.4, -0.2) is 11.3 Å². The predicted octanol–water partition coefficient (Wildman–Crippen LogP) is 1.34. The number of carbonyl (C=O) groups is 1. The van der Waals surface area contributed by atoms with Gasteiger partial charge in [0.2, 0.25) is 0 Å². The maximum atomic E-state index is 10.1. The van der Waals surface area contributed by atoms with Crippen LogP contribution in [0, 0.1) is 0 Å². The summed E-state index contributed by atoms with van der Waals surface area (Å²) in [6.45, 7) is 0.570. The number of hydrogen-bond acceptors (Lipinski definition) is 3. The van der Waals surface area contributed by atoms with E-state index in [4.69, 9.17) is 10.8 Å². The van der Waals surface area contributed by atoms with Crippen molar-refractivity contribution in [3.63, 3.8) is 0 Å². The van der Waals surface area contributed by atoms with E-state index in [1.807, 2.05) is 12.1 Å². The molecule has 0 saturated carbocycles. The average Bonchev–Trinajstić information content (AvgIpc) is 2.15. The minimum atomic E-state index is -1.26. The van der Waals surface area contributed by atoms with Crippen molar-refractivity contribution in [2.45, 2.75) is 13.2 Å².